The van der Waals surface area contributed by atoms with Crippen molar-refractivity contribution in [2.24, 2.45) is 0 Å². The van der Waals surface area contributed by atoms with Crippen LogP contribution in [0.25, 0.3) is 0 Å². The average molecular weight is 253 g/mol. The fraction of sp³-hybridized carbons (Fsp3) is 0.308. The number of halogens is 1. The van der Waals surface area contributed by atoms with Gasteiger partial charge in [-0.15, -0.1) is 0 Å². The Bertz CT molecular complexity index is 467. The van der Waals surface area contributed by atoms with Gasteiger partial charge in [0.1, 0.15) is 5.03 Å². The smallest absolute Gasteiger partial charge is 0.338 e. The molecule has 0 aliphatic carbocycles. The Hall–Kier alpha value is -1.32. The Labute approximate surface area is 105 Å². The van der Waals surface area contributed by atoms with Crippen LogP contribution in [-0.2, 0) is 15.3 Å². The Kier molecular flexibility index (Phi) is 3.22. The summed E-state index contributed by atoms with van der Waals surface area (Å²) in [5, 5.41) is 10.4. The summed E-state index contributed by atoms with van der Waals surface area (Å²) < 4.78 is 5.02. The normalized spacial score (nSPS) is 24.1. The Morgan fingerprint density at radius 2 is 2.00 bits per heavy atom. The number of cyclic esters (lactones) is 1. The standard InChI is InChI=1S/C13H13ClO3/c1-2-6-10-11(14)13(16,17-12(10)15)9-7-4-3-5-8-9/h3-5,7-8,16H,2,6H2,1H3. The average Bonchev–Trinajstić information content (AvgIpc) is 2.56. The van der Waals surface area contributed by atoms with Gasteiger partial charge in [-0.1, -0.05) is 55.3 Å². The van der Waals surface area contributed by atoms with Crippen LogP contribution in [0.5, 0.6) is 0 Å². The van der Waals surface area contributed by atoms with Crippen LogP contribution in [0, 0.1) is 0 Å². The molecule has 17 heavy (non-hydrogen) atoms. The van der Waals surface area contributed by atoms with Crippen molar-refractivity contribution in [3.05, 3.63) is 46.5 Å². The van der Waals surface area contributed by atoms with Crippen LogP contribution in [-0.4, -0.2) is 11.1 Å². The lowest BCUT2D eigenvalue weighted by molar-refractivity contribution is -0.183. The van der Waals surface area contributed by atoms with Gasteiger partial charge in [-0.3, -0.25) is 0 Å². The molecule has 1 N–H and O–H groups in total. The van der Waals surface area contributed by atoms with Crippen molar-refractivity contribution < 1.29 is 14.6 Å². The van der Waals surface area contributed by atoms with Crippen molar-refractivity contribution in [3.63, 3.8) is 0 Å². The van der Waals surface area contributed by atoms with Crippen molar-refractivity contribution in [1.29, 1.82) is 0 Å². The lowest BCUT2D eigenvalue weighted by atomic mass is 10.0. The number of aliphatic hydroxyl groups is 1. The second-order valence-electron chi connectivity index (χ2n) is 3.94. The number of carbonyl (C=O) groups is 1. The first kappa shape index (κ1) is 12.1. The first-order valence-electron chi connectivity index (χ1n) is 5.50. The number of hydrogen-bond donors (Lipinski definition) is 1. The third-order valence-corrected chi connectivity index (χ3v) is 3.20. The fourth-order valence-corrected chi connectivity index (χ4v) is 2.17. The molecule has 0 bridgehead atoms. The molecule has 1 atom stereocenters. The predicted octanol–water partition coefficient (Wildman–Crippen LogP) is 2.68. The lowest BCUT2D eigenvalue weighted by Gasteiger charge is -2.21. The Balaban J connectivity index is 2.44. The van der Waals surface area contributed by atoms with E-state index in [-0.39, 0.29) is 5.03 Å². The number of esters is 1. The van der Waals surface area contributed by atoms with Gasteiger partial charge in [0.15, 0.2) is 0 Å². The van der Waals surface area contributed by atoms with E-state index in [0.29, 0.717) is 17.6 Å². The lowest BCUT2D eigenvalue weighted by Crippen LogP contribution is -2.26. The van der Waals surface area contributed by atoms with E-state index < -0.39 is 11.8 Å². The van der Waals surface area contributed by atoms with Gasteiger partial charge in [0, 0.05) is 5.56 Å². The summed E-state index contributed by atoms with van der Waals surface area (Å²) in [6.07, 6.45) is 1.28. The molecular weight excluding hydrogens is 240 g/mol. The minimum atomic E-state index is -1.82. The molecule has 3 nitrogen and oxygen atoms in total. The molecule has 90 valence electrons. The number of carbonyl (C=O) groups excluding carboxylic acids is 1. The molecule has 1 aliphatic heterocycles. The molecule has 2 rings (SSSR count). The van der Waals surface area contributed by atoms with E-state index in [9.17, 15) is 9.90 Å². The number of rotatable bonds is 3. The molecule has 1 unspecified atom stereocenters. The summed E-state index contributed by atoms with van der Waals surface area (Å²) in [4.78, 5) is 11.6. The minimum absolute atomic E-state index is 0.0792. The number of hydrogen-bond acceptors (Lipinski definition) is 3. The summed E-state index contributed by atoms with van der Waals surface area (Å²) in [5.41, 5.74) is 0.824. The van der Waals surface area contributed by atoms with E-state index in [2.05, 4.69) is 0 Å². The topological polar surface area (TPSA) is 46.5 Å². The Morgan fingerprint density at radius 3 is 2.59 bits per heavy atom. The Morgan fingerprint density at radius 1 is 1.35 bits per heavy atom. The molecule has 1 aliphatic rings. The van der Waals surface area contributed by atoms with Gasteiger partial charge in [0.05, 0.1) is 5.57 Å². The second kappa shape index (κ2) is 4.51. The molecule has 1 heterocycles. The zero-order valence-electron chi connectivity index (χ0n) is 9.44. The van der Waals surface area contributed by atoms with Crippen LogP contribution in [0.1, 0.15) is 25.3 Å². The van der Waals surface area contributed by atoms with Crippen LogP contribution in [0.4, 0.5) is 0 Å². The minimum Gasteiger partial charge on any atom is -0.420 e. The maximum atomic E-state index is 11.6. The highest BCUT2D eigenvalue weighted by molar-refractivity contribution is 6.33. The summed E-state index contributed by atoms with van der Waals surface area (Å²) in [6, 6.07) is 8.66. The van der Waals surface area contributed by atoms with E-state index >= 15 is 0 Å². The zero-order valence-corrected chi connectivity index (χ0v) is 10.2. The summed E-state index contributed by atoms with van der Waals surface area (Å²) in [6.45, 7) is 1.93. The molecule has 0 saturated heterocycles. The predicted molar refractivity (Wildman–Crippen MR) is 64.2 cm³/mol. The largest absolute Gasteiger partial charge is 0.420 e. The van der Waals surface area contributed by atoms with Crippen molar-refractivity contribution >= 4 is 17.6 Å². The molecule has 4 heteroatoms. The second-order valence-corrected chi connectivity index (χ2v) is 4.32. The van der Waals surface area contributed by atoms with Crippen LogP contribution in [0.3, 0.4) is 0 Å². The van der Waals surface area contributed by atoms with E-state index in [1.54, 1.807) is 24.3 Å². The highest BCUT2D eigenvalue weighted by atomic mass is 35.5. The summed E-state index contributed by atoms with van der Waals surface area (Å²) >= 11 is 6.08. The molecule has 1 aromatic carbocycles. The van der Waals surface area contributed by atoms with Crippen LogP contribution in [0.15, 0.2) is 40.9 Å². The van der Waals surface area contributed by atoms with Crippen molar-refractivity contribution in [1.82, 2.24) is 0 Å². The highest BCUT2D eigenvalue weighted by Crippen LogP contribution is 2.42. The molecule has 0 fully saturated rings. The quantitative estimate of drug-likeness (QED) is 0.842. The van der Waals surface area contributed by atoms with E-state index in [1.165, 1.54) is 0 Å². The van der Waals surface area contributed by atoms with E-state index in [4.69, 9.17) is 16.3 Å². The van der Waals surface area contributed by atoms with Gasteiger partial charge in [0.25, 0.3) is 5.79 Å². The highest BCUT2D eigenvalue weighted by Gasteiger charge is 2.46. The SMILES string of the molecule is CCCC1=C(Cl)C(O)(c2ccccc2)OC1=O. The van der Waals surface area contributed by atoms with Crippen LogP contribution < -0.4 is 0 Å². The van der Waals surface area contributed by atoms with Crippen LogP contribution >= 0.6 is 11.6 Å². The first-order chi connectivity index (χ1) is 8.09. The summed E-state index contributed by atoms with van der Waals surface area (Å²) in [7, 11) is 0. The van der Waals surface area contributed by atoms with E-state index in [1.807, 2.05) is 13.0 Å². The fourth-order valence-electron chi connectivity index (χ4n) is 1.85. The molecule has 0 radical (unpaired) electrons. The molecular formula is C13H13ClO3. The number of ether oxygens (including phenoxy) is 1. The monoisotopic (exact) mass is 252 g/mol. The van der Waals surface area contributed by atoms with Gasteiger partial charge in [-0.2, -0.15) is 0 Å². The van der Waals surface area contributed by atoms with Gasteiger partial charge in [0.2, 0.25) is 0 Å². The van der Waals surface area contributed by atoms with E-state index in [0.717, 1.165) is 6.42 Å². The zero-order chi connectivity index (χ0) is 12.5. The van der Waals surface area contributed by atoms with Crippen molar-refractivity contribution in [2.75, 3.05) is 0 Å². The third-order valence-electron chi connectivity index (χ3n) is 2.71. The maximum absolute atomic E-state index is 11.6. The molecule has 0 saturated carbocycles. The first-order valence-corrected chi connectivity index (χ1v) is 5.87. The van der Waals surface area contributed by atoms with Gasteiger partial charge in [-0.25, -0.2) is 4.79 Å². The number of benzene rings is 1. The molecule has 0 spiro atoms. The molecule has 0 aromatic heterocycles. The van der Waals surface area contributed by atoms with Gasteiger partial charge < -0.3 is 9.84 Å². The third kappa shape index (κ3) is 1.96. The van der Waals surface area contributed by atoms with Crippen molar-refractivity contribution in [2.45, 2.75) is 25.6 Å². The van der Waals surface area contributed by atoms with Gasteiger partial charge >= 0.3 is 5.97 Å². The molecule has 0 amide bonds. The van der Waals surface area contributed by atoms with Crippen molar-refractivity contribution in [3.8, 4) is 0 Å². The summed E-state index contributed by atoms with van der Waals surface area (Å²) in [5.74, 6) is -2.35. The molecule has 1 aromatic rings. The maximum Gasteiger partial charge on any atom is 0.338 e. The van der Waals surface area contributed by atoms with Crippen LogP contribution in [0.2, 0.25) is 0 Å². The van der Waals surface area contributed by atoms with Gasteiger partial charge in [-0.05, 0) is 6.42 Å².